The molecule has 1 aromatic rings. The number of aliphatic hydroxyl groups excluding tert-OH is 1. The second kappa shape index (κ2) is 4.85. The van der Waals surface area contributed by atoms with Gasteiger partial charge in [0.25, 0.3) is 0 Å². The van der Waals surface area contributed by atoms with Crippen LogP contribution in [-0.4, -0.2) is 18.3 Å². The van der Waals surface area contributed by atoms with E-state index in [4.69, 9.17) is 15.1 Å². The van der Waals surface area contributed by atoms with Gasteiger partial charge in [-0.2, -0.15) is 5.26 Å². The zero-order valence-corrected chi connectivity index (χ0v) is 8.41. The standard InChI is InChI=1S/C9H8BrNO2/c10-8-2-1-3-9(7(8)6-11)13-5-4-12/h1-3,12H,4-5H2. The molecule has 0 aliphatic carbocycles. The third kappa shape index (κ3) is 2.44. The molecule has 4 heteroatoms. The number of hydrogen-bond acceptors (Lipinski definition) is 3. The first kappa shape index (κ1) is 10.0. The average molecular weight is 242 g/mol. The molecule has 13 heavy (non-hydrogen) atoms. The first-order chi connectivity index (χ1) is 6.29. The largest absolute Gasteiger partial charge is 0.490 e. The highest BCUT2D eigenvalue weighted by Crippen LogP contribution is 2.25. The van der Waals surface area contributed by atoms with E-state index in [1.165, 1.54) is 0 Å². The molecule has 0 amide bonds. The van der Waals surface area contributed by atoms with Gasteiger partial charge in [-0.25, -0.2) is 0 Å². The first-order valence-electron chi connectivity index (χ1n) is 3.72. The molecule has 0 radical (unpaired) electrons. The van der Waals surface area contributed by atoms with Gasteiger partial charge in [-0.3, -0.25) is 0 Å². The number of nitrogens with zero attached hydrogens (tertiary/aromatic N) is 1. The minimum Gasteiger partial charge on any atom is -0.490 e. The molecule has 0 atom stereocenters. The van der Waals surface area contributed by atoms with Crippen molar-refractivity contribution in [2.75, 3.05) is 13.2 Å². The molecule has 0 spiro atoms. The van der Waals surface area contributed by atoms with Crippen LogP contribution in [0.4, 0.5) is 0 Å². The molecule has 0 aliphatic rings. The Morgan fingerprint density at radius 1 is 1.54 bits per heavy atom. The Bertz CT molecular complexity index is 333. The van der Waals surface area contributed by atoms with Crippen molar-refractivity contribution in [3.63, 3.8) is 0 Å². The SMILES string of the molecule is N#Cc1c(Br)cccc1OCCO. The van der Waals surface area contributed by atoms with E-state index in [1.807, 2.05) is 6.07 Å². The van der Waals surface area contributed by atoms with Crippen LogP contribution < -0.4 is 4.74 Å². The van der Waals surface area contributed by atoms with E-state index in [9.17, 15) is 0 Å². The second-order valence-electron chi connectivity index (χ2n) is 2.30. The van der Waals surface area contributed by atoms with Gasteiger partial charge in [-0.15, -0.1) is 0 Å². The lowest BCUT2D eigenvalue weighted by molar-refractivity contribution is 0.201. The van der Waals surface area contributed by atoms with Crippen molar-refractivity contribution >= 4 is 15.9 Å². The van der Waals surface area contributed by atoms with Gasteiger partial charge in [0.2, 0.25) is 0 Å². The maximum absolute atomic E-state index is 8.78. The Hall–Kier alpha value is -1.05. The molecule has 68 valence electrons. The predicted molar refractivity (Wildman–Crippen MR) is 51.4 cm³/mol. The van der Waals surface area contributed by atoms with E-state index in [0.717, 1.165) is 0 Å². The summed E-state index contributed by atoms with van der Waals surface area (Å²) in [6.45, 7) is 0.141. The Labute approximate surface area is 84.7 Å². The molecule has 1 aromatic carbocycles. The molecule has 0 bridgehead atoms. The van der Waals surface area contributed by atoms with Gasteiger partial charge in [0.15, 0.2) is 0 Å². The first-order valence-corrected chi connectivity index (χ1v) is 4.51. The Morgan fingerprint density at radius 2 is 2.31 bits per heavy atom. The third-order valence-electron chi connectivity index (χ3n) is 1.44. The van der Waals surface area contributed by atoms with Crippen LogP contribution in [0.5, 0.6) is 5.75 Å². The van der Waals surface area contributed by atoms with E-state index >= 15 is 0 Å². The normalized spacial score (nSPS) is 9.31. The van der Waals surface area contributed by atoms with Crippen molar-refractivity contribution in [1.82, 2.24) is 0 Å². The summed E-state index contributed by atoms with van der Waals surface area (Å²) in [4.78, 5) is 0. The van der Waals surface area contributed by atoms with E-state index in [2.05, 4.69) is 15.9 Å². The van der Waals surface area contributed by atoms with Crippen molar-refractivity contribution < 1.29 is 9.84 Å². The highest BCUT2D eigenvalue weighted by Gasteiger charge is 2.05. The Kier molecular flexibility index (Phi) is 3.74. The van der Waals surface area contributed by atoms with Crippen molar-refractivity contribution in [2.24, 2.45) is 0 Å². The molecule has 0 heterocycles. The van der Waals surface area contributed by atoms with Gasteiger partial charge >= 0.3 is 0 Å². The van der Waals surface area contributed by atoms with Gasteiger partial charge < -0.3 is 9.84 Å². The number of hydrogen-bond donors (Lipinski definition) is 1. The summed E-state index contributed by atoms with van der Waals surface area (Å²) in [5.41, 5.74) is 0.455. The van der Waals surface area contributed by atoms with Crippen LogP contribution in [0.25, 0.3) is 0 Å². The molecule has 1 rings (SSSR count). The third-order valence-corrected chi connectivity index (χ3v) is 2.10. The van der Waals surface area contributed by atoms with Gasteiger partial charge in [-0.1, -0.05) is 6.07 Å². The van der Waals surface area contributed by atoms with Crippen LogP contribution >= 0.6 is 15.9 Å². The number of ether oxygens (including phenoxy) is 1. The fourth-order valence-corrected chi connectivity index (χ4v) is 1.33. The summed E-state index contributed by atoms with van der Waals surface area (Å²) in [5, 5.41) is 17.3. The fourth-order valence-electron chi connectivity index (χ4n) is 0.889. The van der Waals surface area contributed by atoms with E-state index in [-0.39, 0.29) is 13.2 Å². The second-order valence-corrected chi connectivity index (χ2v) is 3.15. The molecule has 0 aliphatic heterocycles. The van der Waals surface area contributed by atoms with Crippen LogP contribution in [0, 0.1) is 11.3 Å². The minimum absolute atomic E-state index is 0.0582. The van der Waals surface area contributed by atoms with Crippen molar-refractivity contribution in [2.45, 2.75) is 0 Å². The molecule has 0 fully saturated rings. The Balaban J connectivity index is 2.93. The lowest BCUT2D eigenvalue weighted by Crippen LogP contribution is -2.03. The van der Waals surface area contributed by atoms with Crippen LogP contribution in [0.15, 0.2) is 22.7 Å². The summed E-state index contributed by atoms with van der Waals surface area (Å²) in [6, 6.07) is 7.26. The van der Waals surface area contributed by atoms with Gasteiger partial charge in [0, 0.05) is 4.47 Å². The number of aliphatic hydroxyl groups is 1. The van der Waals surface area contributed by atoms with E-state index in [0.29, 0.717) is 15.8 Å². The summed E-state index contributed by atoms with van der Waals surface area (Å²) >= 11 is 3.23. The summed E-state index contributed by atoms with van der Waals surface area (Å²) in [7, 11) is 0. The molecule has 0 saturated carbocycles. The molecular formula is C9H8BrNO2. The minimum atomic E-state index is -0.0582. The van der Waals surface area contributed by atoms with Gasteiger partial charge in [0.05, 0.1) is 6.61 Å². The van der Waals surface area contributed by atoms with E-state index in [1.54, 1.807) is 18.2 Å². The van der Waals surface area contributed by atoms with Gasteiger partial charge in [0.1, 0.15) is 24.0 Å². The number of rotatable bonds is 3. The highest BCUT2D eigenvalue weighted by atomic mass is 79.9. The smallest absolute Gasteiger partial charge is 0.138 e. The molecular weight excluding hydrogens is 234 g/mol. The zero-order valence-electron chi connectivity index (χ0n) is 6.83. The average Bonchev–Trinajstić information content (AvgIpc) is 2.15. The van der Waals surface area contributed by atoms with Crippen molar-refractivity contribution in [3.05, 3.63) is 28.2 Å². The van der Waals surface area contributed by atoms with Crippen LogP contribution in [0.3, 0.4) is 0 Å². The summed E-state index contributed by atoms with van der Waals surface area (Å²) in [5.74, 6) is 0.492. The molecule has 3 nitrogen and oxygen atoms in total. The topological polar surface area (TPSA) is 53.2 Å². The zero-order chi connectivity index (χ0) is 9.68. The Morgan fingerprint density at radius 3 is 2.92 bits per heavy atom. The van der Waals surface area contributed by atoms with Crippen molar-refractivity contribution in [3.8, 4) is 11.8 Å². The van der Waals surface area contributed by atoms with Crippen molar-refractivity contribution in [1.29, 1.82) is 5.26 Å². The lowest BCUT2D eigenvalue weighted by atomic mass is 10.2. The molecule has 0 saturated heterocycles. The maximum Gasteiger partial charge on any atom is 0.138 e. The maximum atomic E-state index is 8.78. The number of benzene rings is 1. The molecule has 0 aromatic heterocycles. The lowest BCUT2D eigenvalue weighted by Gasteiger charge is -2.06. The number of halogens is 1. The fraction of sp³-hybridized carbons (Fsp3) is 0.222. The number of nitriles is 1. The predicted octanol–water partition coefficient (Wildman–Crippen LogP) is 1.69. The monoisotopic (exact) mass is 241 g/mol. The molecule has 1 N–H and O–H groups in total. The van der Waals surface area contributed by atoms with Crippen LogP contribution in [-0.2, 0) is 0 Å². The van der Waals surface area contributed by atoms with Crippen LogP contribution in [0.1, 0.15) is 5.56 Å². The highest BCUT2D eigenvalue weighted by molar-refractivity contribution is 9.10. The summed E-state index contributed by atoms with van der Waals surface area (Å²) < 4.78 is 5.85. The quantitative estimate of drug-likeness (QED) is 0.877. The summed E-state index contributed by atoms with van der Waals surface area (Å²) in [6.07, 6.45) is 0. The van der Waals surface area contributed by atoms with Crippen LogP contribution in [0.2, 0.25) is 0 Å². The van der Waals surface area contributed by atoms with E-state index < -0.39 is 0 Å². The molecule has 0 unspecified atom stereocenters. The van der Waals surface area contributed by atoms with Gasteiger partial charge in [-0.05, 0) is 28.1 Å².